The zero-order chi connectivity index (χ0) is 14.0. The van der Waals surface area contributed by atoms with Gasteiger partial charge in [0.2, 0.25) is 0 Å². The van der Waals surface area contributed by atoms with Crippen LogP contribution in [-0.2, 0) is 0 Å². The molecule has 0 spiro atoms. The quantitative estimate of drug-likeness (QED) is 0.861. The van der Waals surface area contributed by atoms with E-state index in [9.17, 15) is 0 Å². The van der Waals surface area contributed by atoms with Gasteiger partial charge in [-0.2, -0.15) is 0 Å². The highest BCUT2D eigenvalue weighted by atomic mass is 79.9. The maximum Gasteiger partial charge on any atom is 0.121 e. The molecule has 1 fully saturated rings. The van der Waals surface area contributed by atoms with Crippen LogP contribution in [0.2, 0.25) is 0 Å². The van der Waals surface area contributed by atoms with Gasteiger partial charge >= 0.3 is 0 Å². The van der Waals surface area contributed by atoms with E-state index in [4.69, 9.17) is 4.42 Å². The van der Waals surface area contributed by atoms with E-state index in [0.29, 0.717) is 17.3 Å². The second-order valence-corrected chi connectivity index (χ2v) is 7.79. The Balaban J connectivity index is 2.20. The molecule has 1 heterocycles. The standard InChI is InChI=1S/C16H26BrNO/c1-16(2,3)12-6-5-11(10-18-4)13(9-12)15-14(17)7-8-19-15/h7-8,11-13,18H,5-6,9-10H2,1-4H3. The topological polar surface area (TPSA) is 25.2 Å². The van der Waals surface area contributed by atoms with E-state index in [1.54, 1.807) is 6.26 Å². The van der Waals surface area contributed by atoms with Crippen LogP contribution >= 0.6 is 15.9 Å². The maximum absolute atomic E-state index is 5.77. The molecule has 1 aliphatic carbocycles. The van der Waals surface area contributed by atoms with Crippen LogP contribution in [0, 0.1) is 17.3 Å². The van der Waals surface area contributed by atoms with E-state index < -0.39 is 0 Å². The van der Waals surface area contributed by atoms with E-state index in [1.165, 1.54) is 19.3 Å². The Morgan fingerprint density at radius 3 is 2.63 bits per heavy atom. The first-order valence-electron chi connectivity index (χ1n) is 7.31. The molecule has 1 aliphatic rings. The minimum absolute atomic E-state index is 0.391. The van der Waals surface area contributed by atoms with Crippen molar-refractivity contribution >= 4 is 15.9 Å². The highest BCUT2D eigenvalue weighted by Crippen LogP contribution is 2.48. The summed E-state index contributed by atoms with van der Waals surface area (Å²) in [7, 11) is 2.05. The Labute approximate surface area is 125 Å². The molecule has 19 heavy (non-hydrogen) atoms. The van der Waals surface area contributed by atoms with Crippen LogP contribution in [0.25, 0.3) is 0 Å². The van der Waals surface area contributed by atoms with Crippen molar-refractivity contribution in [1.82, 2.24) is 5.32 Å². The van der Waals surface area contributed by atoms with E-state index in [1.807, 2.05) is 13.1 Å². The molecule has 0 aliphatic heterocycles. The van der Waals surface area contributed by atoms with Gasteiger partial charge < -0.3 is 9.73 Å². The van der Waals surface area contributed by atoms with Gasteiger partial charge in [-0.3, -0.25) is 0 Å². The summed E-state index contributed by atoms with van der Waals surface area (Å²) in [5.74, 6) is 3.15. The molecule has 1 saturated carbocycles. The summed E-state index contributed by atoms with van der Waals surface area (Å²) in [5, 5.41) is 3.35. The maximum atomic E-state index is 5.77. The van der Waals surface area contributed by atoms with Gasteiger partial charge in [0.25, 0.3) is 0 Å². The lowest BCUT2D eigenvalue weighted by Crippen LogP contribution is -2.34. The first-order valence-corrected chi connectivity index (χ1v) is 8.10. The molecule has 0 bridgehead atoms. The van der Waals surface area contributed by atoms with E-state index in [2.05, 4.69) is 42.0 Å². The molecule has 1 N–H and O–H groups in total. The third kappa shape index (κ3) is 3.43. The summed E-state index contributed by atoms with van der Waals surface area (Å²) in [6, 6.07) is 2.02. The Morgan fingerprint density at radius 1 is 1.37 bits per heavy atom. The molecule has 3 atom stereocenters. The summed E-state index contributed by atoms with van der Waals surface area (Å²) in [4.78, 5) is 0. The normalized spacial score (nSPS) is 28.6. The number of furan rings is 1. The lowest BCUT2D eigenvalue weighted by Gasteiger charge is -2.41. The summed E-state index contributed by atoms with van der Waals surface area (Å²) in [5.41, 5.74) is 0.391. The zero-order valence-electron chi connectivity index (χ0n) is 12.5. The van der Waals surface area contributed by atoms with Gasteiger partial charge in [-0.1, -0.05) is 20.8 Å². The number of nitrogens with one attached hydrogen (secondary N) is 1. The third-order valence-electron chi connectivity index (χ3n) is 4.67. The second kappa shape index (κ2) is 6.01. The summed E-state index contributed by atoms with van der Waals surface area (Å²) < 4.78 is 6.90. The van der Waals surface area contributed by atoms with Gasteiger partial charge in [0.15, 0.2) is 0 Å². The largest absolute Gasteiger partial charge is 0.468 e. The average Bonchev–Trinajstić information content (AvgIpc) is 2.75. The predicted molar refractivity (Wildman–Crippen MR) is 83.4 cm³/mol. The lowest BCUT2D eigenvalue weighted by molar-refractivity contribution is 0.121. The first-order chi connectivity index (χ1) is 8.93. The van der Waals surface area contributed by atoms with E-state index in [0.717, 1.165) is 22.7 Å². The van der Waals surface area contributed by atoms with Crippen molar-refractivity contribution in [2.75, 3.05) is 13.6 Å². The SMILES string of the molecule is CNCC1CCC(C(C)(C)C)CC1c1occc1Br. The molecule has 2 rings (SSSR count). The number of hydrogen-bond donors (Lipinski definition) is 1. The summed E-state index contributed by atoms with van der Waals surface area (Å²) in [6.45, 7) is 8.17. The van der Waals surface area contributed by atoms with E-state index in [-0.39, 0.29) is 0 Å². The fourth-order valence-electron chi connectivity index (χ4n) is 3.42. The molecule has 0 amide bonds. The van der Waals surface area contributed by atoms with Crippen molar-refractivity contribution in [3.8, 4) is 0 Å². The molecule has 108 valence electrons. The van der Waals surface area contributed by atoms with E-state index >= 15 is 0 Å². The van der Waals surface area contributed by atoms with Gasteiger partial charge in [-0.05, 0) is 72.1 Å². The Bertz CT molecular complexity index is 407. The van der Waals surface area contributed by atoms with Gasteiger partial charge in [0.05, 0.1) is 10.7 Å². The molecular weight excluding hydrogens is 302 g/mol. The van der Waals surface area contributed by atoms with Gasteiger partial charge in [0.1, 0.15) is 5.76 Å². The first kappa shape index (κ1) is 15.1. The van der Waals surface area contributed by atoms with Crippen molar-refractivity contribution < 1.29 is 4.42 Å². The minimum atomic E-state index is 0.391. The fraction of sp³-hybridized carbons (Fsp3) is 0.750. The highest BCUT2D eigenvalue weighted by Gasteiger charge is 2.38. The van der Waals surface area contributed by atoms with Gasteiger partial charge in [-0.15, -0.1) is 0 Å². The number of halogens is 1. The molecule has 3 heteroatoms. The van der Waals surface area contributed by atoms with Crippen molar-refractivity contribution in [3.05, 3.63) is 22.6 Å². The molecule has 0 saturated heterocycles. The van der Waals surface area contributed by atoms with Crippen molar-refractivity contribution in [2.45, 2.75) is 46.0 Å². The monoisotopic (exact) mass is 327 g/mol. The van der Waals surface area contributed by atoms with Crippen molar-refractivity contribution in [3.63, 3.8) is 0 Å². The molecule has 0 radical (unpaired) electrons. The Morgan fingerprint density at radius 2 is 2.11 bits per heavy atom. The van der Waals surface area contributed by atoms with Gasteiger partial charge in [0, 0.05) is 5.92 Å². The predicted octanol–water partition coefficient (Wildman–Crippen LogP) is 4.81. The van der Waals surface area contributed by atoms with Crippen LogP contribution in [0.5, 0.6) is 0 Å². The Hall–Kier alpha value is -0.280. The summed E-state index contributed by atoms with van der Waals surface area (Å²) >= 11 is 3.64. The zero-order valence-corrected chi connectivity index (χ0v) is 14.1. The van der Waals surface area contributed by atoms with Crippen molar-refractivity contribution in [1.29, 1.82) is 0 Å². The van der Waals surface area contributed by atoms with Crippen LogP contribution in [0.3, 0.4) is 0 Å². The highest BCUT2D eigenvalue weighted by molar-refractivity contribution is 9.10. The number of hydrogen-bond acceptors (Lipinski definition) is 2. The number of rotatable bonds is 3. The molecule has 2 nitrogen and oxygen atoms in total. The van der Waals surface area contributed by atoms with Crippen LogP contribution in [-0.4, -0.2) is 13.6 Å². The van der Waals surface area contributed by atoms with Crippen molar-refractivity contribution in [2.24, 2.45) is 17.3 Å². The van der Waals surface area contributed by atoms with Gasteiger partial charge in [-0.25, -0.2) is 0 Å². The molecule has 1 aromatic rings. The second-order valence-electron chi connectivity index (χ2n) is 6.93. The lowest BCUT2D eigenvalue weighted by atomic mass is 9.65. The molecule has 1 aromatic heterocycles. The van der Waals surface area contributed by atoms with Crippen LogP contribution in [0.15, 0.2) is 21.2 Å². The minimum Gasteiger partial charge on any atom is -0.468 e. The smallest absolute Gasteiger partial charge is 0.121 e. The average molecular weight is 328 g/mol. The molecular formula is C16H26BrNO. The van der Waals surface area contributed by atoms with Crippen LogP contribution in [0.1, 0.15) is 51.7 Å². The summed E-state index contributed by atoms with van der Waals surface area (Å²) in [6.07, 6.45) is 5.67. The molecule has 0 aromatic carbocycles. The van der Waals surface area contributed by atoms with Crippen LogP contribution in [0.4, 0.5) is 0 Å². The van der Waals surface area contributed by atoms with Crippen LogP contribution < -0.4 is 5.32 Å². The molecule has 3 unspecified atom stereocenters. The third-order valence-corrected chi connectivity index (χ3v) is 5.32. The Kier molecular flexibility index (Phi) is 4.78. The fourth-order valence-corrected chi connectivity index (χ4v) is 3.91.